The van der Waals surface area contributed by atoms with Crippen LogP contribution in [0.5, 0.6) is 0 Å². The van der Waals surface area contributed by atoms with Crippen molar-refractivity contribution in [1.82, 2.24) is 15.5 Å². The van der Waals surface area contributed by atoms with E-state index in [-0.39, 0.29) is 23.9 Å². The summed E-state index contributed by atoms with van der Waals surface area (Å²) in [5.41, 5.74) is 1.71. The second-order valence-electron chi connectivity index (χ2n) is 7.36. The first-order valence-electron chi connectivity index (χ1n) is 9.22. The maximum Gasteiger partial charge on any atom is 0.251 e. The molecule has 0 atom stereocenters. The summed E-state index contributed by atoms with van der Waals surface area (Å²) in [5, 5.41) is 5.72. The molecule has 2 rings (SSSR count). The van der Waals surface area contributed by atoms with Gasteiger partial charge in [0.1, 0.15) is 0 Å². The molecular weight excluding hydrogens is 314 g/mol. The molecular formula is C20H31N3O2. The lowest BCUT2D eigenvalue weighted by Crippen LogP contribution is -2.53. The largest absolute Gasteiger partial charge is 0.353 e. The Labute approximate surface area is 151 Å². The molecule has 2 N–H and O–H groups in total. The Bertz CT molecular complexity index is 573. The van der Waals surface area contributed by atoms with Gasteiger partial charge in [0.15, 0.2) is 0 Å². The predicted molar refractivity (Wildman–Crippen MR) is 101 cm³/mol. The van der Waals surface area contributed by atoms with E-state index in [1.165, 1.54) is 25.7 Å². The second kappa shape index (κ2) is 8.99. The van der Waals surface area contributed by atoms with Gasteiger partial charge in [0.25, 0.3) is 5.91 Å². The van der Waals surface area contributed by atoms with Gasteiger partial charge >= 0.3 is 0 Å². The standard InChI is InChI=1S/C20H31N3O2/c1-16-8-10-17(11-9-16)19(25)21-14-18(24)22-15-20(23(2)3)12-6-4-5-7-13-20/h8-11H,4-7,12-15H2,1-3H3,(H,21,25)(H,22,24). The van der Waals surface area contributed by atoms with E-state index in [1.807, 2.05) is 19.1 Å². The summed E-state index contributed by atoms with van der Waals surface area (Å²) in [6, 6.07) is 7.33. The number of hydrogen-bond donors (Lipinski definition) is 2. The van der Waals surface area contributed by atoms with E-state index in [4.69, 9.17) is 0 Å². The van der Waals surface area contributed by atoms with Crippen LogP contribution in [0.3, 0.4) is 0 Å². The minimum absolute atomic E-state index is 0.0101. The molecule has 25 heavy (non-hydrogen) atoms. The summed E-state index contributed by atoms with van der Waals surface area (Å²) >= 11 is 0. The fourth-order valence-electron chi connectivity index (χ4n) is 3.46. The van der Waals surface area contributed by atoms with Crippen molar-refractivity contribution < 1.29 is 9.59 Å². The third-order valence-corrected chi connectivity index (χ3v) is 5.32. The zero-order chi connectivity index (χ0) is 18.3. The Balaban J connectivity index is 1.82. The topological polar surface area (TPSA) is 61.4 Å². The van der Waals surface area contributed by atoms with Crippen LogP contribution in [-0.4, -0.2) is 49.4 Å². The number of nitrogens with one attached hydrogen (secondary N) is 2. The van der Waals surface area contributed by atoms with Crippen LogP contribution >= 0.6 is 0 Å². The SMILES string of the molecule is Cc1ccc(C(=O)NCC(=O)NCC2(N(C)C)CCCCCC2)cc1. The maximum atomic E-state index is 12.2. The van der Waals surface area contributed by atoms with E-state index in [2.05, 4.69) is 29.6 Å². The Morgan fingerprint density at radius 2 is 1.60 bits per heavy atom. The molecule has 1 aromatic carbocycles. The zero-order valence-corrected chi connectivity index (χ0v) is 15.7. The molecule has 0 bridgehead atoms. The van der Waals surface area contributed by atoms with Gasteiger partial charge in [0.2, 0.25) is 5.91 Å². The number of aryl methyl sites for hydroxylation is 1. The first-order chi connectivity index (χ1) is 11.9. The van der Waals surface area contributed by atoms with Crippen molar-refractivity contribution in [2.24, 2.45) is 0 Å². The van der Waals surface area contributed by atoms with Gasteiger partial charge in [-0.05, 0) is 46.0 Å². The van der Waals surface area contributed by atoms with Crippen molar-refractivity contribution >= 4 is 11.8 Å². The molecule has 1 aliphatic rings. The molecule has 1 saturated carbocycles. The molecule has 0 aromatic heterocycles. The van der Waals surface area contributed by atoms with Crippen molar-refractivity contribution in [2.45, 2.75) is 51.0 Å². The molecule has 0 radical (unpaired) electrons. The molecule has 0 heterocycles. The van der Waals surface area contributed by atoms with Gasteiger partial charge in [-0.3, -0.25) is 9.59 Å². The number of hydrogen-bond acceptors (Lipinski definition) is 3. The zero-order valence-electron chi connectivity index (χ0n) is 15.7. The maximum absolute atomic E-state index is 12.2. The van der Waals surface area contributed by atoms with Crippen molar-refractivity contribution in [2.75, 3.05) is 27.2 Å². The van der Waals surface area contributed by atoms with Crippen molar-refractivity contribution in [1.29, 1.82) is 0 Å². The molecule has 0 saturated heterocycles. The highest BCUT2D eigenvalue weighted by Gasteiger charge is 2.33. The van der Waals surface area contributed by atoms with Crippen LogP contribution in [0, 0.1) is 6.92 Å². The van der Waals surface area contributed by atoms with Crippen LogP contribution in [0.2, 0.25) is 0 Å². The molecule has 0 aliphatic heterocycles. The Morgan fingerprint density at radius 1 is 1.00 bits per heavy atom. The highest BCUT2D eigenvalue weighted by atomic mass is 16.2. The molecule has 5 heteroatoms. The molecule has 0 spiro atoms. The molecule has 138 valence electrons. The first-order valence-corrected chi connectivity index (χ1v) is 9.22. The third kappa shape index (κ3) is 5.56. The number of nitrogens with zero attached hydrogens (tertiary/aromatic N) is 1. The second-order valence-corrected chi connectivity index (χ2v) is 7.36. The summed E-state index contributed by atoms with van der Waals surface area (Å²) in [6.45, 7) is 2.62. The van der Waals surface area contributed by atoms with Gasteiger partial charge < -0.3 is 15.5 Å². The lowest BCUT2D eigenvalue weighted by atomic mass is 9.88. The van der Waals surface area contributed by atoms with Gasteiger partial charge in [0.05, 0.1) is 6.54 Å². The number of benzene rings is 1. The molecule has 1 fully saturated rings. The molecule has 1 aliphatic carbocycles. The van der Waals surface area contributed by atoms with E-state index < -0.39 is 0 Å². The summed E-state index contributed by atoms with van der Waals surface area (Å²) in [6.07, 6.45) is 7.18. The van der Waals surface area contributed by atoms with Crippen LogP contribution in [0.4, 0.5) is 0 Å². The van der Waals surface area contributed by atoms with Crippen molar-refractivity contribution in [3.8, 4) is 0 Å². The Hall–Kier alpha value is -1.88. The number of rotatable bonds is 6. The summed E-state index contributed by atoms with van der Waals surface area (Å²) in [7, 11) is 4.19. The third-order valence-electron chi connectivity index (χ3n) is 5.32. The van der Waals surface area contributed by atoms with Crippen LogP contribution in [0.15, 0.2) is 24.3 Å². The molecule has 0 unspecified atom stereocenters. The fourth-order valence-corrected chi connectivity index (χ4v) is 3.46. The summed E-state index contributed by atoms with van der Waals surface area (Å²) in [5.74, 6) is -0.349. The summed E-state index contributed by atoms with van der Waals surface area (Å²) < 4.78 is 0. The quantitative estimate of drug-likeness (QED) is 0.779. The van der Waals surface area contributed by atoms with Gasteiger partial charge in [-0.15, -0.1) is 0 Å². The normalized spacial score (nSPS) is 17.0. The minimum atomic E-state index is -0.216. The van der Waals surface area contributed by atoms with Crippen molar-refractivity contribution in [3.63, 3.8) is 0 Å². The number of amides is 2. The first kappa shape index (κ1) is 19.4. The molecule has 1 aromatic rings. The number of likely N-dealkylation sites (N-methyl/N-ethyl adjacent to an activating group) is 1. The van der Waals surface area contributed by atoms with E-state index in [0.717, 1.165) is 18.4 Å². The van der Waals surface area contributed by atoms with Crippen LogP contribution in [-0.2, 0) is 4.79 Å². The van der Waals surface area contributed by atoms with E-state index in [1.54, 1.807) is 12.1 Å². The Morgan fingerprint density at radius 3 is 2.16 bits per heavy atom. The van der Waals surface area contributed by atoms with Gasteiger partial charge in [-0.1, -0.05) is 43.4 Å². The monoisotopic (exact) mass is 345 g/mol. The predicted octanol–water partition coefficient (Wildman–Crippen LogP) is 2.50. The molecule has 5 nitrogen and oxygen atoms in total. The van der Waals surface area contributed by atoms with Crippen LogP contribution in [0.1, 0.15) is 54.4 Å². The Kier molecular flexibility index (Phi) is 7.00. The number of carbonyl (C=O) groups is 2. The highest BCUT2D eigenvalue weighted by Crippen LogP contribution is 2.30. The average Bonchev–Trinajstić information content (AvgIpc) is 2.85. The smallest absolute Gasteiger partial charge is 0.251 e. The van der Waals surface area contributed by atoms with Crippen LogP contribution < -0.4 is 10.6 Å². The van der Waals surface area contributed by atoms with E-state index >= 15 is 0 Å². The lowest BCUT2D eigenvalue weighted by molar-refractivity contribution is -0.120. The molecule has 2 amide bonds. The van der Waals surface area contributed by atoms with E-state index in [0.29, 0.717) is 12.1 Å². The van der Waals surface area contributed by atoms with E-state index in [9.17, 15) is 9.59 Å². The highest BCUT2D eigenvalue weighted by molar-refractivity contribution is 5.96. The summed E-state index contributed by atoms with van der Waals surface area (Å²) in [4.78, 5) is 26.5. The van der Waals surface area contributed by atoms with Gasteiger partial charge in [-0.2, -0.15) is 0 Å². The van der Waals surface area contributed by atoms with Gasteiger partial charge in [-0.25, -0.2) is 0 Å². The fraction of sp³-hybridized carbons (Fsp3) is 0.600. The average molecular weight is 345 g/mol. The minimum Gasteiger partial charge on any atom is -0.353 e. The van der Waals surface area contributed by atoms with Gasteiger partial charge in [0, 0.05) is 17.6 Å². The number of carbonyl (C=O) groups excluding carboxylic acids is 2. The lowest BCUT2D eigenvalue weighted by Gasteiger charge is -2.39. The van der Waals surface area contributed by atoms with Crippen LogP contribution in [0.25, 0.3) is 0 Å². The van der Waals surface area contributed by atoms with Crippen molar-refractivity contribution in [3.05, 3.63) is 35.4 Å².